The zero-order valence-electron chi connectivity index (χ0n) is 23.2. The van der Waals surface area contributed by atoms with Gasteiger partial charge in [-0.1, -0.05) is 109 Å². The monoisotopic (exact) mass is 548 g/mol. The van der Waals surface area contributed by atoms with Gasteiger partial charge in [-0.2, -0.15) is 0 Å². The molecule has 2 heterocycles. The second kappa shape index (κ2) is 9.37. The van der Waals surface area contributed by atoms with Gasteiger partial charge in [0.15, 0.2) is 5.82 Å². The Balaban J connectivity index is 1.38. The van der Waals surface area contributed by atoms with Crippen molar-refractivity contribution >= 4 is 54.4 Å². The van der Waals surface area contributed by atoms with Crippen molar-refractivity contribution in [2.24, 2.45) is 0 Å². The topological polar surface area (TPSA) is 38.9 Å². The van der Waals surface area contributed by atoms with Crippen LogP contribution in [0.2, 0.25) is 0 Å². The standard InChI is InChI=1S/C40H24N2O/c1-2-11-26(12-3-1)38-32-16-8-9-17-35(32)41-40(42-38)33-21-20-31(30-19-18-25-10-4-5-13-27(25)22-30)39-37(33)34-23-28-14-6-7-15-29(28)24-36(34)43-39/h1-24H. The molecule has 200 valence electrons. The number of benzene rings is 7. The lowest BCUT2D eigenvalue weighted by Gasteiger charge is -2.12. The molecule has 0 aliphatic heterocycles. The van der Waals surface area contributed by atoms with Crippen LogP contribution in [0.4, 0.5) is 0 Å². The average Bonchev–Trinajstić information content (AvgIpc) is 3.45. The molecule has 2 aromatic heterocycles. The summed E-state index contributed by atoms with van der Waals surface area (Å²) in [5, 5.41) is 7.85. The normalized spacial score (nSPS) is 11.7. The lowest BCUT2D eigenvalue weighted by atomic mass is 9.95. The smallest absolute Gasteiger partial charge is 0.161 e. The molecular formula is C40H24N2O. The van der Waals surface area contributed by atoms with Gasteiger partial charge in [0.05, 0.1) is 11.2 Å². The summed E-state index contributed by atoms with van der Waals surface area (Å²) in [7, 11) is 0. The summed E-state index contributed by atoms with van der Waals surface area (Å²) in [4.78, 5) is 10.4. The Morgan fingerprint density at radius 1 is 0.442 bits per heavy atom. The molecule has 0 radical (unpaired) electrons. The number of fused-ring (bicyclic) bond motifs is 6. The van der Waals surface area contributed by atoms with Crippen LogP contribution in [-0.2, 0) is 0 Å². The van der Waals surface area contributed by atoms with Crippen LogP contribution in [0.5, 0.6) is 0 Å². The Morgan fingerprint density at radius 3 is 1.95 bits per heavy atom. The van der Waals surface area contributed by atoms with Crippen LogP contribution in [0.1, 0.15) is 0 Å². The lowest BCUT2D eigenvalue weighted by molar-refractivity contribution is 0.670. The van der Waals surface area contributed by atoms with Gasteiger partial charge in [-0.15, -0.1) is 0 Å². The molecule has 7 aromatic carbocycles. The number of nitrogens with zero attached hydrogens (tertiary/aromatic N) is 2. The minimum atomic E-state index is 0.684. The fourth-order valence-electron chi connectivity index (χ4n) is 6.35. The molecule has 0 spiro atoms. The first-order valence-electron chi connectivity index (χ1n) is 14.5. The molecule has 0 aliphatic rings. The van der Waals surface area contributed by atoms with E-state index in [1.165, 1.54) is 16.2 Å². The van der Waals surface area contributed by atoms with Crippen LogP contribution in [0.3, 0.4) is 0 Å². The Kier molecular flexibility index (Phi) is 5.20. The van der Waals surface area contributed by atoms with Crippen LogP contribution in [0, 0.1) is 0 Å². The zero-order valence-corrected chi connectivity index (χ0v) is 23.2. The van der Waals surface area contributed by atoms with Gasteiger partial charge < -0.3 is 4.42 Å². The van der Waals surface area contributed by atoms with Crippen molar-refractivity contribution in [1.29, 1.82) is 0 Å². The molecule has 0 amide bonds. The predicted molar refractivity (Wildman–Crippen MR) is 178 cm³/mol. The zero-order chi connectivity index (χ0) is 28.3. The second-order valence-corrected chi connectivity index (χ2v) is 11.0. The van der Waals surface area contributed by atoms with E-state index >= 15 is 0 Å². The third-order valence-corrected chi connectivity index (χ3v) is 8.44. The van der Waals surface area contributed by atoms with Crippen molar-refractivity contribution in [3.05, 3.63) is 146 Å². The first kappa shape index (κ1) is 23.9. The van der Waals surface area contributed by atoms with Gasteiger partial charge in [-0.3, -0.25) is 0 Å². The van der Waals surface area contributed by atoms with E-state index < -0.39 is 0 Å². The van der Waals surface area contributed by atoms with Crippen molar-refractivity contribution in [3.63, 3.8) is 0 Å². The highest BCUT2D eigenvalue weighted by Crippen LogP contribution is 2.43. The molecule has 0 unspecified atom stereocenters. The summed E-state index contributed by atoms with van der Waals surface area (Å²) < 4.78 is 6.77. The predicted octanol–water partition coefficient (Wildman–Crippen LogP) is 10.8. The minimum Gasteiger partial charge on any atom is -0.455 e. The summed E-state index contributed by atoms with van der Waals surface area (Å²) in [5.74, 6) is 0.684. The molecule has 0 N–H and O–H groups in total. The SMILES string of the molecule is c1ccc(-c2nc(-c3ccc(-c4ccc5ccccc5c4)c4oc5cc6ccccc6cc5c34)nc3ccccc23)cc1. The summed E-state index contributed by atoms with van der Waals surface area (Å²) >= 11 is 0. The molecule has 43 heavy (non-hydrogen) atoms. The maximum absolute atomic E-state index is 6.77. The molecule has 0 bridgehead atoms. The van der Waals surface area contributed by atoms with E-state index in [-0.39, 0.29) is 0 Å². The first-order chi connectivity index (χ1) is 21.3. The van der Waals surface area contributed by atoms with E-state index in [1.807, 2.05) is 18.2 Å². The molecule has 0 aliphatic carbocycles. The van der Waals surface area contributed by atoms with E-state index in [2.05, 4.69) is 127 Å². The second-order valence-electron chi connectivity index (χ2n) is 11.0. The number of para-hydroxylation sites is 1. The van der Waals surface area contributed by atoms with E-state index in [1.54, 1.807) is 0 Å². The highest BCUT2D eigenvalue weighted by Gasteiger charge is 2.21. The van der Waals surface area contributed by atoms with E-state index in [0.717, 1.165) is 66.2 Å². The van der Waals surface area contributed by atoms with Crippen molar-refractivity contribution in [1.82, 2.24) is 9.97 Å². The molecular weight excluding hydrogens is 524 g/mol. The van der Waals surface area contributed by atoms with Crippen LogP contribution in [0.25, 0.3) is 88.2 Å². The van der Waals surface area contributed by atoms with Gasteiger partial charge in [-0.05, 0) is 63.5 Å². The minimum absolute atomic E-state index is 0.684. The molecule has 3 heteroatoms. The number of hydrogen-bond donors (Lipinski definition) is 0. The first-order valence-corrected chi connectivity index (χ1v) is 14.5. The fraction of sp³-hybridized carbons (Fsp3) is 0. The average molecular weight is 549 g/mol. The highest BCUT2D eigenvalue weighted by atomic mass is 16.3. The number of rotatable bonds is 3. The van der Waals surface area contributed by atoms with Gasteiger partial charge in [0.2, 0.25) is 0 Å². The van der Waals surface area contributed by atoms with E-state index in [4.69, 9.17) is 14.4 Å². The molecule has 3 nitrogen and oxygen atoms in total. The number of hydrogen-bond acceptors (Lipinski definition) is 3. The third kappa shape index (κ3) is 3.83. The van der Waals surface area contributed by atoms with Crippen molar-refractivity contribution in [2.45, 2.75) is 0 Å². The number of furan rings is 1. The van der Waals surface area contributed by atoms with E-state index in [9.17, 15) is 0 Å². The lowest BCUT2D eigenvalue weighted by Crippen LogP contribution is -1.96. The summed E-state index contributed by atoms with van der Waals surface area (Å²) in [6.45, 7) is 0. The van der Waals surface area contributed by atoms with Gasteiger partial charge in [0.25, 0.3) is 0 Å². The van der Waals surface area contributed by atoms with Gasteiger partial charge in [0, 0.05) is 32.8 Å². The van der Waals surface area contributed by atoms with Crippen LogP contribution in [0.15, 0.2) is 150 Å². The van der Waals surface area contributed by atoms with Crippen molar-refractivity contribution in [3.8, 4) is 33.8 Å². The highest BCUT2D eigenvalue weighted by molar-refractivity contribution is 6.18. The van der Waals surface area contributed by atoms with Crippen molar-refractivity contribution < 1.29 is 4.42 Å². The molecule has 0 saturated heterocycles. The molecule has 9 rings (SSSR count). The van der Waals surface area contributed by atoms with Crippen LogP contribution >= 0.6 is 0 Å². The molecule has 0 atom stereocenters. The third-order valence-electron chi connectivity index (χ3n) is 8.44. The van der Waals surface area contributed by atoms with Crippen molar-refractivity contribution in [2.75, 3.05) is 0 Å². The Hall–Kier alpha value is -5.80. The Labute approximate surface area is 247 Å². The van der Waals surface area contributed by atoms with Gasteiger partial charge in [0.1, 0.15) is 11.2 Å². The molecule has 0 fully saturated rings. The summed E-state index contributed by atoms with van der Waals surface area (Å²) in [5.41, 5.74) is 7.72. The summed E-state index contributed by atoms with van der Waals surface area (Å²) in [6, 6.07) is 50.8. The Bertz CT molecular complexity index is 2510. The fourth-order valence-corrected chi connectivity index (χ4v) is 6.35. The largest absolute Gasteiger partial charge is 0.455 e. The molecule has 0 saturated carbocycles. The van der Waals surface area contributed by atoms with Gasteiger partial charge in [-0.25, -0.2) is 9.97 Å². The Morgan fingerprint density at radius 2 is 1.12 bits per heavy atom. The maximum atomic E-state index is 6.77. The maximum Gasteiger partial charge on any atom is 0.161 e. The van der Waals surface area contributed by atoms with E-state index in [0.29, 0.717) is 5.82 Å². The molecule has 9 aromatic rings. The van der Waals surface area contributed by atoms with Crippen LogP contribution in [-0.4, -0.2) is 9.97 Å². The van der Waals surface area contributed by atoms with Gasteiger partial charge >= 0.3 is 0 Å². The summed E-state index contributed by atoms with van der Waals surface area (Å²) in [6.07, 6.45) is 0. The van der Waals surface area contributed by atoms with Crippen LogP contribution < -0.4 is 0 Å². The number of aromatic nitrogens is 2. The quantitative estimate of drug-likeness (QED) is 0.220.